The zero-order valence-electron chi connectivity index (χ0n) is 18.6. The van der Waals surface area contributed by atoms with E-state index in [2.05, 4.69) is 10.5 Å². The average molecular weight is 471 g/mol. The van der Waals surface area contributed by atoms with Crippen LogP contribution in [0.15, 0.2) is 52.4 Å². The van der Waals surface area contributed by atoms with Gasteiger partial charge < -0.3 is 19.6 Å². The molecule has 1 aromatic heterocycles. The number of halogens is 1. The van der Waals surface area contributed by atoms with Crippen LogP contribution in [0.1, 0.15) is 17.7 Å². The molecule has 33 heavy (non-hydrogen) atoms. The Kier molecular flexibility index (Phi) is 6.15. The number of anilines is 1. The molecule has 10 heteroatoms. The Labute approximate surface area is 195 Å². The van der Waals surface area contributed by atoms with Crippen molar-refractivity contribution in [2.24, 2.45) is 12.2 Å². The number of aromatic nitrogens is 2. The lowest BCUT2D eigenvalue weighted by molar-refractivity contribution is -0.125. The number of carbonyl (C=O) groups excluding carboxylic acids is 1. The van der Waals surface area contributed by atoms with Crippen LogP contribution in [0.4, 0.5) is 5.69 Å². The third-order valence-corrected chi connectivity index (χ3v) is 5.84. The first-order chi connectivity index (χ1) is 15.8. The van der Waals surface area contributed by atoms with Gasteiger partial charge in [-0.05, 0) is 25.1 Å². The van der Waals surface area contributed by atoms with Gasteiger partial charge >= 0.3 is 0 Å². The smallest absolute Gasteiger partial charge is 0.295 e. The molecule has 0 spiro atoms. The summed E-state index contributed by atoms with van der Waals surface area (Å²) in [7, 11) is 4.78. The van der Waals surface area contributed by atoms with E-state index < -0.39 is 12.0 Å². The van der Waals surface area contributed by atoms with E-state index in [4.69, 9.17) is 25.9 Å². The Morgan fingerprint density at radius 2 is 1.88 bits per heavy atom. The van der Waals surface area contributed by atoms with Crippen LogP contribution < -0.4 is 20.3 Å². The van der Waals surface area contributed by atoms with Gasteiger partial charge in [0.05, 0.1) is 36.3 Å². The van der Waals surface area contributed by atoms with E-state index in [-0.39, 0.29) is 17.7 Å². The van der Waals surface area contributed by atoms with Crippen LogP contribution >= 0.6 is 11.6 Å². The molecule has 1 N–H and O–H groups in total. The molecule has 1 amide bonds. The summed E-state index contributed by atoms with van der Waals surface area (Å²) in [5.74, 6) is 0.475. The maximum atomic E-state index is 13.0. The molecule has 1 atom stereocenters. The molecule has 3 aromatic rings. The summed E-state index contributed by atoms with van der Waals surface area (Å²) in [4.78, 5) is 31.4. The third kappa shape index (κ3) is 4.07. The summed E-state index contributed by atoms with van der Waals surface area (Å²) in [5.41, 5.74) is 2.26. The summed E-state index contributed by atoms with van der Waals surface area (Å²) in [6, 6.07) is 12.5. The fourth-order valence-corrected chi connectivity index (χ4v) is 3.92. The Bertz CT molecular complexity index is 1300. The lowest BCUT2D eigenvalue weighted by atomic mass is 10.0. The van der Waals surface area contributed by atoms with Crippen molar-refractivity contribution in [3.05, 3.63) is 69.1 Å². The Balaban J connectivity index is 1.55. The number of nitrogens with zero attached hydrogens (tertiary/aromatic N) is 3. The van der Waals surface area contributed by atoms with Crippen molar-refractivity contribution in [3.8, 4) is 17.2 Å². The largest absolute Gasteiger partial charge is 0.496 e. The van der Waals surface area contributed by atoms with Gasteiger partial charge in [-0.1, -0.05) is 35.0 Å². The fraction of sp³-hybridized carbons (Fsp3) is 0.261. The summed E-state index contributed by atoms with van der Waals surface area (Å²) in [5, 5.41) is 7.15. The number of amides is 1. The highest BCUT2D eigenvalue weighted by Crippen LogP contribution is 2.34. The van der Waals surface area contributed by atoms with E-state index in [1.54, 1.807) is 30.8 Å². The van der Waals surface area contributed by atoms with Gasteiger partial charge in [-0.2, -0.15) is 0 Å². The predicted octanol–water partition coefficient (Wildman–Crippen LogP) is 3.29. The number of oxime groups is 1. The Hall–Kier alpha value is -3.72. The molecular weight excluding hydrogens is 448 g/mol. The molecule has 2 aromatic carbocycles. The number of ether oxygens (including phenoxy) is 2. The molecule has 4 rings (SSSR count). The SMILES string of the molecule is COc1cc(OC)c(C2=NO[C@H](C(=O)Nc3c(C)n(C)n(-c4ccccc4)c3=O)C2)cc1Cl. The van der Waals surface area contributed by atoms with E-state index in [1.165, 1.54) is 18.9 Å². The lowest BCUT2D eigenvalue weighted by Crippen LogP contribution is -2.30. The maximum Gasteiger partial charge on any atom is 0.295 e. The number of carbonyl (C=O) groups is 1. The van der Waals surface area contributed by atoms with E-state index in [0.717, 1.165) is 0 Å². The first-order valence-electron chi connectivity index (χ1n) is 10.1. The predicted molar refractivity (Wildman–Crippen MR) is 125 cm³/mol. The number of benzene rings is 2. The van der Waals surface area contributed by atoms with Crippen molar-refractivity contribution in [3.63, 3.8) is 0 Å². The number of rotatable bonds is 6. The molecule has 2 heterocycles. The number of methoxy groups -OCH3 is 2. The van der Waals surface area contributed by atoms with E-state index in [9.17, 15) is 9.59 Å². The van der Waals surface area contributed by atoms with Gasteiger partial charge in [0, 0.05) is 25.1 Å². The van der Waals surface area contributed by atoms with Gasteiger partial charge in [0.2, 0.25) is 6.10 Å². The molecule has 0 saturated carbocycles. The van der Waals surface area contributed by atoms with Crippen LogP contribution in [0.25, 0.3) is 5.69 Å². The van der Waals surface area contributed by atoms with Gasteiger partial charge in [-0.25, -0.2) is 4.68 Å². The Morgan fingerprint density at radius 3 is 2.55 bits per heavy atom. The van der Waals surface area contributed by atoms with Crippen LogP contribution in [-0.2, 0) is 16.7 Å². The molecule has 0 saturated heterocycles. The Morgan fingerprint density at radius 1 is 1.18 bits per heavy atom. The standard InChI is InChI=1S/C23H23ClN4O5/c1-13-21(23(30)28(27(13)2)14-8-6-5-7-9-14)25-22(29)20-11-17(26-33-20)15-10-16(24)19(32-4)12-18(15)31-3/h5-10,12,20H,11H2,1-4H3,(H,25,29)/t20-/m0/s1. The first kappa shape index (κ1) is 22.5. The minimum absolute atomic E-state index is 0.184. The molecule has 1 aliphatic heterocycles. The lowest BCUT2D eigenvalue weighted by Gasteiger charge is -2.11. The normalized spacial score (nSPS) is 15.1. The average Bonchev–Trinajstić information content (AvgIpc) is 3.39. The first-order valence-corrected chi connectivity index (χ1v) is 10.5. The van der Waals surface area contributed by atoms with E-state index in [1.807, 2.05) is 30.3 Å². The van der Waals surface area contributed by atoms with Crippen molar-refractivity contribution in [2.75, 3.05) is 19.5 Å². The van der Waals surface area contributed by atoms with Crippen LogP contribution in [0.3, 0.4) is 0 Å². The van der Waals surface area contributed by atoms with Crippen molar-refractivity contribution in [1.82, 2.24) is 9.36 Å². The van der Waals surface area contributed by atoms with E-state index >= 15 is 0 Å². The molecule has 1 aliphatic rings. The van der Waals surface area contributed by atoms with E-state index in [0.29, 0.717) is 39.2 Å². The highest BCUT2D eigenvalue weighted by molar-refractivity contribution is 6.32. The quantitative estimate of drug-likeness (QED) is 0.596. The van der Waals surface area contributed by atoms with Crippen molar-refractivity contribution in [2.45, 2.75) is 19.4 Å². The molecular formula is C23H23ClN4O5. The highest BCUT2D eigenvalue weighted by Gasteiger charge is 2.32. The molecule has 0 radical (unpaired) electrons. The van der Waals surface area contributed by atoms with Crippen molar-refractivity contribution < 1.29 is 19.1 Å². The summed E-state index contributed by atoms with van der Waals surface area (Å²) >= 11 is 6.25. The molecule has 0 fully saturated rings. The van der Waals surface area contributed by atoms with Crippen LogP contribution in [0, 0.1) is 6.92 Å². The van der Waals surface area contributed by atoms with Gasteiger partial charge in [0.15, 0.2) is 0 Å². The number of hydrogen-bond donors (Lipinski definition) is 1. The number of nitrogens with one attached hydrogen (secondary N) is 1. The van der Waals surface area contributed by atoms with Gasteiger partial charge in [0.25, 0.3) is 11.5 Å². The maximum absolute atomic E-state index is 13.0. The molecule has 172 valence electrons. The summed E-state index contributed by atoms with van der Waals surface area (Å²) in [6.07, 6.45) is -0.723. The second-order valence-electron chi connectivity index (χ2n) is 7.45. The van der Waals surface area contributed by atoms with Gasteiger partial charge in [-0.3, -0.25) is 14.3 Å². The highest BCUT2D eigenvalue weighted by atomic mass is 35.5. The second kappa shape index (κ2) is 9.03. The minimum atomic E-state index is -0.908. The number of hydrogen-bond acceptors (Lipinski definition) is 6. The minimum Gasteiger partial charge on any atom is -0.496 e. The molecule has 0 unspecified atom stereocenters. The van der Waals surface area contributed by atoms with Gasteiger partial charge in [-0.15, -0.1) is 0 Å². The zero-order chi connectivity index (χ0) is 23.7. The topological polar surface area (TPSA) is 96.1 Å². The molecule has 0 bridgehead atoms. The van der Waals surface area contributed by atoms with Gasteiger partial charge in [0.1, 0.15) is 17.2 Å². The molecule has 9 nitrogen and oxygen atoms in total. The summed E-state index contributed by atoms with van der Waals surface area (Å²) in [6.45, 7) is 1.76. The van der Waals surface area contributed by atoms with Crippen LogP contribution in [0.5, 0.6) is 11.5 Å². The number of para-hydroxylation sites is 1. The monoisotopic (exact) mass is 470 g/mol. The van der Waals surface area contributed by atoms with Crippen molar-refractivity contribution >= 4 is 28.9 Å². The second-order valence-corrected chi connectivity index (χ2v) is 7.86. The summed E-state index contributed by atoms with van der Waals surface area (Å²) < 4.78 is 13.8. The zero-order valence-corrected chi connectivity index (χ0v) is 19.3. The van der Waals surface area contributed by atoms with Crippen LogP contribution in [-0.4, -0.2) is 41.3 Å². The third-order valence-electron chi connectivity index (χ3n) is 5.55. The fourth-order valence-electron chi connectivity index (χ4n) is 3.68. The molecule has 0 aliphatic carbocycles. The van der Waals surface area contributed by atoms with Crippen LogP contribution in [0.2, 0.25) is 5.02 Å². The van der Waals surface area contributed by atoms with Crippen molar-refractivity contribution in [1.29, 1.82) is 0 Å².